The standard InChI is InChI=1S/C21H21N5O4/c1-4-11-25-21(28)17-8-6-5-7-16(17)19(24-25)20(27)23-22-14(3)15-10-9-13(2)18(12-15)26(29)30/h5-10,12H,4,11H2,1-3H3,(H,23,27)/b22-14+. The Hall–Kier alpha value is -3.88. The maximum Gasteiger partial charge on any atom is 0.292 e. The zero-order valence-electron chi connectivity index (χ0n) is 16.9. The molecule has 0 aliphatic carbocycles. The molecule has 9 nitrogen and oxygen atoms in total. The minimum Gasteiger partial charge on any atom is -0.267 e. The summed E-state index contributed by atoms with van der Waals surface area (Å²) in [5.41, 5.74) is 3.71. The highest BCUT2D eigenvalue weighted by molar-refractivity contribution is 6.06. The van der Waals surface area contributed by atoms with Gasteiger partial charge in [-0.1, -0.05) is 37.3 Å². The van der Waals surface area contributed by atoms with Crippen molar-refractivity contribution in [3.8, 4) is 0 Å². The Balaban J connectivity index is 1.95. The number of carbonyl (C=O) groups excluding carboxylic acids is 1. The smallest absolute Gasteiger partial charge is 0.267 e. The Kier molecular flexibility index (Phi) is 6.01. The van der Waals surface area contributed by atoms with Crippen LogP contribution in [0.1, 0.15) is 41.9 Å². The van der Waals surface area contributed by atoms with Crippen LogP contribution in [0.5, 0.6) is 0 Å². The topological polar surface area (TPSA) is 119 Å². The predicted octanol–water partition coefficient (Wildman–Crippen LogP) is 3.18. The molecule has 0 unspecified atom stereocenters. The van der Waals surface area contributed by atoms with Gasteiger partial charge in [0.1, 0.15) is 0 Å². The Morgan fingerprint density at radius 1 is 1.23 bits per heavy atom. The van der Waals surface area contributed by atoms with Crippen LogP contribution in [0.15, 0.2) is 52.4 Å². The number of nitro groups is 1. The molecule has 1 heterocycles. The molecule has 2 aromatic carbocycles. The summed E-state index contributed by atoms with van der Waals surface area (Å²) in [6, 6.07) is 11.5. The molecule has 0 fully saturated rings. The van der Waals surface area contributed by atoms with E-state index in [9.17, 15) is 19.7 Å². The van der Waals surface area contributed by atoms with Crippen LogP contribution < -0.4 is 11.0 Å². The second-order valence-corrected chi connectivity index (χ2v) is 6.82. The number of nitro benzene ring substituents is 1. The molecule has 1 amide bonds. The Labute approximate surface area is 172 Å². The highest BCUT2D eigenvalue weighted by Crippen LogP contribution is 2.19. The van der Waals surface area contributed by atoms with Crippen molar-refractivity contribution in [2.24, 2.45) is 5.10 Å². The normalized spacial score (nSPS) is 11.5. The third kappa shape index (κ3) is 4.09. The summed E-state index contributed by atoms with van der Waals surface area (Å²) in [6.07, 6.45) is 0.690. The van der Waals surface area contributed by atoms with E-state index in [4.69, 9.17) is 0 Å². The van der Waals surface area contributed by atoms with E-state index < -0.39 is 10.8 Å². The highest BCUT2D eigenvalue weighted by Gasteiger charge is 2.17. The van der Waals surface area contributed by atoms with E-state index in [1.807, 2.05) is 6.92 Å². The summed E-state index contributed by atoms with van der Waals surface area (Å²) < 4.78 is 1.27. The number of nitrogens with one attached hydrogen (secondary N) is 1. The summed E-state index contributed by atoms with van der Waals surface area (Å²) in [5, 5.41) is 20.3. The molecule has 0 saturated carbocycles. The fourth-order valence-electron chi connectivity index (χ4n) is 3.05. The molecule has 0 bridgehead atoms. The van der Waals surface area contributed by atoms with Crippen LogP contribution in [-0.4, -0.2) is 26.3 Å². The molecule has 0 atom stereocenters. The summed E-state index contributed by atoms with van der Waals surface area (Å²) in [7, 11) is 0. The summed E-state index contributed by atoms with van der Waals surface area (Å²) >= 11 is 0. The molecule has 1 aromatic heterocycles. The van der Waals surface area contributed by atoms with Gasteiger partial charge >= 0.3 is 0 Å². The molecule has 0 aliphatic rings. The zero-order valence-corrected chi connectivity index (χ0v) is 16.9. The lowest BCUT2D eigenvalue weighted by Crippen LogP contribution is -2.29. The number of hydrogen-bond acceptors (Lipinski definition) is 6. The summed E-state index contributed by atoms with van der Waals surface area (Å²) in [6.45, 7) is 5.59. The van der Waals surface area contributed by atoms with Crippen molar-refractivity contribution < 1.29 is 9.72 Å². The molecule has 30 heavy (non-hydrogen) atoms. The number of benzene rings is 2. The van der Waals surface area contributed by atoms with E-state index >= 15 is 0 Å². The molecule has 0 saturated heterocycles. The molecule has 3 aromatic rings. The second kappa shape index (κ2) is 8.64. The number of rotatable bonds is 6. The quantitative estimate of drug-likeness (QED) is 0.382. The zero-order chi connectivity index (χ0) is 21.8. The third-order valence-corrected chi connectivity index (χ3v) is 4.67. The predicted molar refractivity (Wildman–Crippen MR) is 114 cm³/mol. The molecular formula is C21H21N5O4. The Morgan fingerprint density at radius 3 is 2.60 bits per heavy atom. The van der Waals surface area contributed by atoms with Gasteiger partial charge in [-0.2, -0.15) is 10.2 Å². The van der Waals surface area contributed by atoms with Crippen molar-refractivity contribution >= 4 is 28.1 Å². The minimum atomic E-state index is -0.572. The van der Waals surface area contributed by atoms with E-state index in [1.165, 1.54) is 10.7 Å². The first-order valence-electron chi connectivity index (χ1n) is 9.43. The molecular weight excluding hydrogens is 386 g/mol. The van der Waals surface area contributed by atoms with Gasteiger partial charge in [0.2, 0.25) is 0 Å². The van der Waals surface area contributed by atoms with Gasteiger partial charge in [0, 0.05) is 29.1 Å². The van der Waals surface area contributed by atoms with Crippen molar-refractivity contribution in [1.29, 1.82) is 0 Å². The van der Waals surface area contributed by atoms with Crippen LogP contribution in [0.4, 0.5) is 5.69 Å². The summed E-state index contributed by atoms with van der Waals surface area (Å²) in [4.78, 5) is 36.0. The maximum absolute atomic E-state index is 12.8. The summed E-state index contributed by atoms with van der Waals surface area (Å²) in [5.74, 6) is -0.572. The first kappa shape index (κ1) is 20.8. The van der Waals surface area contributed by atoms with Crippen LogP contribution in [-0.2, 0) is 6.54 Å². The lowest BCUT2D eigenvalue weighted by atomic mass is 10.1. The van der Waals surface area contributed by atoms with Gasteiger partial charge in [-0.05, 0) is 26.3 Å². The van der Waals surface area contributed by atoms with E-state index in [0.717, 1.165) is 0 Å². The maximum atomic E-state index is 12.8. The number of carbonyl (C=O) groups is 1. The van der Waals surface area contributed by atoms with Crippen molar-refractivity contribution in [3.05, 3.63) is 79.8 Å². The van der Waals surface area contributed by atoms with Gasteiger partial charge < -0.3 is 0 Å². The average Bonchev–Trinajstić information content (AvgIpc) is 2.74. The Bertz CT molecular complexity index is 1230. The first-order valence-corrected chi connectivity index (χ1v) is 9.43. The molecule has 1 N–H and O–H groups in total. The van der Waals surface area contributed by atoms with Gasteiger partial charge in [0.25, 0.3) is 17.2 Å². The van der Waals surface area contributed by atoms with E-state index in [0.29, 0.717) is 40.6 Å². The number of fused-ring (bicyclic) bond motifs is 1. The average molecular weight is 407 g/mol. The number of amides is 1. The van der Waals surface area contributed by atoms with E-state index in [-0.39, 0.29) is 16.9 Å². The number of nitrogens with zero attached hydrogens (tertiary/aromatic N) is 4. The van der Waals surface area contributed by atoms with Crippen LogP contribution in [0.2, 0.25) is 0 Å². The van der Waals surface area contributed by atoms with Crippen molar-refractivity contribution in [2.45, 2.75) is 33.7 Å². The van der Waals surface area contributed by atoms with Crippen molar-refractivity contribution in [1.82, 2.24) is 15.2 Å². The van der Waals surface area contributed by atoms with Gasteiger partial charge in [0.15, 0.2) is 5.69 Å². The van der Waals surface area contributed by atoms with Gasteiger partial charge in [0.05, 0.1) is 16.0 Å². The fourth-order valence-corrected chi connectivity index (χ4v) is 3.05. The van der Waals surface area contributed by atoms with Gasteiger partial charge in [-0.3, -0.25) is 19.7 Å². The molecule has 154 valence electrons. The van der Waals surface area contributed by atoms with E-state index in [2.05, 4.69) is 15.6 Å². The molecule has 9 heteroatoms. The van der Waals surface area contributed by atoms with Crippen LogP contribution in [0, 0.1) is 17.0 Å². The molecule has 0 radical (unpaired) electrons. The Morgan fingerprint density at radius 2 is 1.93 bits per heavy atom. The minimum absolute atomic E-state index is 0.0207. The van der Waals surface area contributed by atoms with Crippen molar-refractivity contribution in [3.63, 3.8) is 0 Å². The lowest BCUT2D eigenvalue weighted by molar-refractivity contribution is -0.385. The van der Waals surface area contributed by atoms with E-state index in [1.54, 1.807) is 50.2 Å². The van der Waals surface area contributed by atoms with Crippen LogP contribution in [0.25, 0.3) is 10.8 Å². The monoisotopic (exact) mass is 407 g/mol. The number of hydrazone groups is 1. The number of hydrogen-bond donors (Lipinski definition) is 1. The van der Waals surface area contributed by atoms with Gasteiger partial charge in [-0.15, -0.1) is 0 Å². The van der Waals surface area contributed by atoms with Crippen molar-refractivity contribution in [2.75, 3.05) is 0 Å². The van der Waals surface area contributed by atoms with Crippen LogP contribution >= 0.6 is 0 Å². The molecule has 0 spiro atoms. The first-order chi connectivity index (χ1) is 14.3. The molecule has 3 rings (SSSR count). The number of aryl methyl sites for hydroxylation is 2. The second-order valence-electron chi connectivity index (χ2n) is 6.82. The number of aromatic nitrogens is 2. The fraction of sp³-hybridized carbons (Fsp3) is 0.238. The largest absolute Gasteiger partial charge is 0.292 e. The van der Waals surface area contributed by atoms with Crippen LogP contribution in [0.3, 0.4) is 0 Å². The third-order valence-electron chi connectivity index (χ3n) is 4.67. The highest BCUT2D eigenvalue weighted by atomic mass is 16.6. The lowest BCUT2D eigenvalue weighted by Gasteiger charge is -2.09. The SMILES string of the molecule is CCCn1nc(C(=O)N/N=C(\C)c2ccc(C)c([N+](=O)[O-])c2)c2ccccc2c1=O. The van der Waals surface area contributed by atoms with Gasteiger partial charge in [-0.25, -0.2) is 10.1 Å². The molecule has 0 aliphatic heterocycles.